The number of urea groups is 1. The smallest absolute Gasteiger partial charge is 0.416 e. The van der Waals surface area contributed by atoms with E-state index in [1.165, 1.54) is 25.4 Å². The fourth-order valence-electron chi connectivity index (χ4n) is 2.98. The number of anilines is 2. The van der Waals surface area contributed by atoms with Crippen LogP contribution in [0, 0.1) is 0 Å². The van der Waals surface area contributed by atoms with Crippen LogP contribution >= 0.6 is 0 Å². The zero-order valence-electron chi connectivity index (χ0n) is 20.3. The lowest BCUT2D eigenvalue weighted by Gasteiger charge is -2.21. The SMILES string of the molecule is CNC(=O)c1cc(Oc2cccc(NC(=O)Nc3cc(C(F)(F)F)ccc3OCC(C)(C)N)c2)ccn1. The van der Waals surface area contributed by atoms with Gasteiger partial charge < -0.3 is 31.2 Å². The Bertz CT molecular complexity index is 1280. The number of hydrogen-bond donors (Lipinski definition) is 4. The summed E-state index contributed by atoms with van der Waals surface area (Å²) >= 11 is 0. The van der Waals surface area contributed by atoms with Crippen molar-refractivity contribution < 1.29 is 32.2 Å². The van der Waals surface area contributed by atoms with Gasteiger partial charge in [0, 0.05) is 36.6 Å². The van der Waals surface area contributed by atoms with E-state index in [4.69, 9.17) is 15.2 Å². The standard InChI is InChI=1S/C25H26F3N5O4/c1-24(2,29)14-36-21-8-7-15(25(26,27)28)11-19(21)33-23(35)32-16-5-4-6-17(12-16)37-18-9-10-31-20(13-18)22(34)30-3/h4-13H,14,29H2,1-3H3,(H,30,34)(H2,32,33,35). The number of carbonyl (C=O) groups excluding carboxylic acids is 2. The highest BCUT2D eigenvalue weighted by atomic mass is 19.4. The molecule has 0 bridgehead atoms. The van der Waals surface area contributed by atoms with E-state index >= 15 is 0 Å². The Morgan fingerprint density at radius 2 is 1.73 bits per heavy atom. The molecule has 0 aliphatic carbocycles. The maximum absolute atomic E-state index is 13.2. The molecule has 0 aliphatic rings. The van der Waals surface area contributed by atoms with Crippen molar-refractivity contribution in [3.8, 4) is 17.2 Å². The van der Waals surface area contributed by atoms with Gasteiger partial charge in [-0.05, 0) is 50.2 Å². The van der Waals surface area contributed by atoms with E-state index < -0.39 is 23.3 Å². The second kappa shape index (κ2) is 11.2. The van der Waals surface area contributed by atoms with Gasteiger partial charge >= 0.3 is 12.2 Å². The number of nitrogens with two attached hydrogens (primary N) is 1. The lowest BCUT2D eigenvalue weighted by molar-refractivity contribution is -0.137. The van der Waals surface area contributed by atoms with Crippen molar-refractivity contribution in [2.75, 3.05) is 24.3 Å². The van der Waals surface area contributed by atoms with E-state index in [1.54, 1.807) is 38.1 Å². The van der Waals surface area contributed by atoms with Crippen molar-refractivity contribution >= 4 is 23.3 Å². The molecule has 0 atom stereocenters. The van der Waals surface area contributed by atoms with Crippen LogP contribution in [-0.2, 0) is 6.18 Å². The monoisotopic (exact) mass is 517 g/mol. The maximum atomic E-state index is 13.2. The summed E-state index contributed by atoms with van der Waals surface area (Å²) in [5, 5.41) is 7.40. The number of benzene rings is 2. The van der Waals surface area contributed by atoms with Crippen LogP contribution in [0.4, 0.5) is 29.3 Å². The minimum Gasteiger partial charge on any atom is -0.490 e. The highest BCUT2D eigenvalue weighted by Crippen LogP contribution is 2.35. The van der Waals surface area contributed by atoms with Gasteiger partial charge in [-0.3, -0.25) is 9.78 Å². The molecule has 12 heteroatoms. The molecule has 0 unspecified atom stereocenters. The molecule has 196 valence electrons. The van der Waals surface area contributed by atoms with Crippen LogP contribution in [-0.4, -0.2) is 36.1 Å². The van der Waals surface area contributed by atoms with E-state index in [1.807, 2.05) is 0 Å². The van der Waals surface area contributed by atoms with Crippen molar-refractivity contribution in [1.29, 1.82) is 0 Å². The summed E-state index contributed by atoms with van der Waals surface area (Å²) in [5.41, 5.74) is 4.47. The van der Waals surface area contributed by atoms with Gasteiger partial charge in [0.1, 0.15) is 29.5 Å². The highest BCUT2D eigenvalue weighted by molar-refractivity contribution is 6.00. The third-order valence-electron chi connectivity index (χ3n) is 4.67. The second-order valence-corrected chi connectivity index (χ2v) is 8.65. The highest BCUT2D eigenvalue weighted by Gasteiger charge is 2.31. The fraction of sp³-hybridized carbons (Fsp3) is 0.240. The third kappa shape index (κ3) is 8.10. The van der Waals surface area contributed by atoms with Gasteiger partial charge in [-0.2, -0.15) is 13.2 Å². The van der Waals surface area contributed by atoms with E-state index in [-0.39, 0.29) is 29.6 Å². The second-order valence-electron chi connectivity index (χ2n) is 8.65. The van der Waals surface area contributed by atoms with Crippen LogP contribution in [0.1, 0.15) is 29.9 Å². The Balaban J connectivity index is 1.75. The molecule has 3 amide bonds. The molecule has 0 spiro atoms. The van der Waals surface area contributed by atoms with E-state index in [9.17, 15) is 22.8 Å². The van der Waals surface area contributed by atoms with Gasteiger partial charge in [0.05, 0.1) is 11.3 Å². The quantitative estimate of drug-likeness (QED) is 0.333. The topological polar surface area (TPSA) is 128 Å². The summed E-state index contributed by atoms with van der Waals surface area (Å²) in [6.07, 6.45) is -3.20. The zero-order chi connectivity index (χ0) is 27.2. The van der Waals surface area contributed by atoms with E-state index in [2.05, 4.69) is 20.9 Å². The average molecular weight is 518 g/mol. The van der Waals surface area contributed by atoms with Gasteiger partial charge in [-0.15, -0.1) is 0 Å². The molecule has 37 heavy (non-hydrogen) atoms. The van der Waals surface area contributed by atoms with Crippen LogP contribution in [0.25, 0.3) is 0 Å². The van der Waals surface area contributed by atoms with Crippen molar-refractivity contribution in [2.24, 2.45) is 5.73 Å². The molecule has 0 aliphatic heterocycles. The van der Waals surface area contributed by atoms with Gasteiger partial charge in [0.15, 0.2) is 0 Å². The van der Waals surface area contributed by atoms with E-state index in [0.717, 1.165) is 18.2 Å². The number of nitrogens with zero attached hydrogens (tertiary/aromatic N) is 1. The number of ether oxygens (including phenoxy) is 2. The predicted molar refractivity (Wildman–Crippen MR) is 132 cm³/mol. The molecular formula is C25H26F3N5O4. The fourth-order valence-corrected chi connectivity index (χ4v) is 2.98. The van der Waals surface area contributed by atoms with E-state index in [0.29, 0.717) is 17.2 Å². The van der Waals surface area contributed by atoms with Crippen LogP contribution in [0.15, 0.2) is 60.8 Å². The van der Waals surface area contributed by atoms with Crippen molar-refractivity contribution in [1.82, 2.24) is 10.3 Å². The van der Waals surface area contributed by atoms with Gasteiger partial charge in [0.2, 0.25) is 0 Å². The summed E-state index contributed by atoms with van der Waals surface area (Å²) in [7, 11) is 1.48. The summed E-state index contributed by atoms with van der Waals surface area (Å²) in [5.74, 6) is 0.317. The summed E-state index contributed by atoms with van der Waals surface area (Å²) in [6.45, 7) is 3.39. The normalized spacial score (nSPS) is 11.4. The maximum Gasteiger partial charge on any atom is 0.416 e. The van der Waals surface area contributed by atoms with Crippen LogP contribution < -0.4 is 31.2 Å². The Kier molecular flexibility index (Phi) is 8.23. The average Bonchev–Trinajstić information content (AvgIpc) is 2.82. The number of halogens is 3. The molecule has 2 aromatic carbocycles. The number of amides is 3. The van der Waals surface area contributed by atoms with Crippen LogP contribution in [0.5, 0.6) is 17.2 Å². The Hall–Kier alpha value is -4.32. The molecule has 0 saturated heterocycles. The first-order chi connectivity index (χ1) is 17.3. The Morgan fingerprint density at radius 1 is 1.00 bits per heavy atom. The summed E-state index contributed by atoms with van der Waals surface area (Å²) in [4.78, 5) is 28.4. The van der Waals surface area contributed by atoms with Crippen LogP contribution in [0.2, 0.25) is 0 Å². The number of alkyl halides is 3. The minimum atomic E-state index is -4.62. The van der Waals surface area contributed by atoms with Crippen molar-refractivity contribution in [3.05, 3.63) is 72.1 Å². The van der Waals surface area contributed by atoms with Crippen molar-refractivity contribution in [2.45, 2.75) is 25.6 Å². The summed E-state index contributed by atoms with van der Waals surface area (Å²) < 4.78 is 51.0. The zero-order valence-corrected chi connectivity index (χ0v) is 20.3. The molecule has 0 saturated carbocycles. The third-order valence-corrected chi connectivity index (χ3v) is 4.67. The number of carbonyl (C=O) groups is 2. The summed E-state index contributed by atoms with van der Waals surface area (Å²) in [6, 6.07) is 11.3. The molecule has 3 aromatic rings. The number of hydrogen-bond acceptors (Lipinski definition) is 6. The molecule has 0 fully saturated rings. The molecule has 0 radical (unpaired) electrons. The lowest BCUT2D eigenvalue weighted by atomic mass is 10.1. The first-order valence-electron chi connectivity index (χ1n) is 11.0. The predicted octanol–water partition coefficient (Wildman–Crippen LogP) is 5.01. The Labute approximate surface area is 211 Å². The number of aromatic nitrogens is 1. The molecule has 1 aromatic heterocycles. The van der Waals surface area contributed by atoms with Crippen molar-refractivity contribution in [3.63, 3.8) is 0 Å². The van der Waals surface area contributed by atoms with Crippen LogP contribution in [0.3, 0.4) is 0 Å². The number of pyridine rings is 1. The number of rotatable bonds is 8. The van der Waals surface area contributed by atoms with Gasteiger partial charge in [-0.25, -0.2) is 4.79 Å². The number of nitrogens with one attached hydrogen (secondary N) is 3. The molecule has 1 heterocycles. The lowest BCUT2D eigenvalue weighted by Crippen LogP contribution is -2.38. The minimum absolute atomic E-state index is 0.00465. The Morgan fingerprint density at radius 3 is 2.41 bits per heavy atom. The first kappa shape index (κ1) is 27.3. The first-order valence-corrected chi connectivity index (χ1v) is 11.0. The molecular weight excluding hydrogens is 491 g/mol. The van der Waals surface area contributed by atoms with Gasteiger partial charge in [0.25, 0.3) is 5.91 Å². The molecule has 3 rings (SSSR count). The molecule has 9 nitrogen and oxygen atoms in total. The molecule has 5 N–H and O–H groups in total. The van der Waals surface area contributed by atoms with Gasteiger partial charge in [-0.1, -0.05) is 6.07 Å². The largest absolute Gasteiger partial charge is 0.490 e.